The molecule has 4 nitrogen and oxygen atoms in total. The van der Waals surface area contributed by atoms with E-state index in [1.807, 2.05) is 0 Å². The maximum Gasteiger partial charge on any atom is 0.246 e. The first kappa shape index (κ1) is 17.0. The molecule has 0 radical (unpaired) electrons. The van der Waals surface area contributed by atoms with Crippen LogP contribution in [-0.4, -0.2) is 25.8 Å². The Hall–Kier alpha value is -0.370. The van der Waals surface area contributed by atoms with Crippen molar-refractivity contribution in [3.05, 3.63) is 21.4 Å². The lowest BCUT2D eigenvalue weighted by Crippen LogP contribution is -2.37. The highest BCUT2D eigenvalue weighted by molar-refractivity contribution is 9.10. The first-order chi connectivity index (χ1) is 9.78. The molecule has 0 aromatic heterocycles. The number of hydrogen-bond acceptors (Lipinski definition) is 3. The molecule has 2 rings (SSSR count). The van der Waals surface area contributed by atoms with Crippen LogP contribution >= 0.6 is 27.5 Å². The smallest absolute Gasteiger partial charge is 0.246 e. The molecule has 1 saturated carbocycles. The predicted molar refractivity (Wildman–Crippen MR) is 85.3 cm³/mol. The molecule has 0 atom stereocenters. The molecule has 2 N–H and O–H groups in total. The normalized spacial score (nSPS) is 16.2. The van der Waals surface area contributed by atoms with Crippen molar-refractivity contribution in [2.75, 3.05) is 18.8 Å². The van der Waals surface area contributed by atoms with Gasteiger partial charge < -0.3 is 5.73 Å². The van der Waals surface area contributed by atoms with Crippen molar-refractivity contribution in [1.82, 2.24) is 4.31 Å². The molecule has 0 heterocycles. The van der Waals surface area contributed by atoms with Gasteiger partial charge in [0.1, 0.15) is 4.90 Å². The van der Waals surface area contributed by atoms with Crippen LogP contribution in [0.4, 0.5) is 10.1 Å². The third-order valence-corrected chi connectivity index (χ3v) is 7.13. The SMILES string of the molecule is CCN(CC1CCC1)S(=O)(=O)c1cc(Cl)c(Br)c(N)c1F. The lowest BCUT2D eigenvalue weighted by molar-refractivity contribution is 0.249. The Kier molecular flexibility index (Phi) is 5.18. The number of nitrogen functional groups attached to an aromatic ring is 1. The molecule has 118 valence electrons. The van der Waals surface area contributed by atoms with Crippen LogP contribution in [-0.2, 0) is 10.0 Å². The van der Waals surface area contributed by atoms with Gasteiger partial charge in [-0.1, -0.05) is 24.9 Å². The first-order valence-electron chi connectivity index (χ1n) is 6.72. The molecule has 0 amide bonds. The summed E-state index contributed by atoms with van der Waals surface area (Å²) in [5.74, 6) is -0.607. The number of benzene rings is 1. The van der Waals surface area contributed by atoms with Gasteiger partial charge in [-0.25, -0.2) is 12.8 Å². The Morgan fingerprint density at radius 1 is 1.52 bits per heavy atom. The van der Waals surface area contributed by atoms with Crippen LogP contribution in [0.1, 0.15) is 26.2 Å². The van der Waals surface area contributed by atoms with Crippen molar-refractivity contribution in [2.24, 2.45) is 5.92 Å². The topological polar surface area (TPSA) is 63.4 Å². The summed E-state index contributed by atoms with van der Waals surface area (Å²) < 4.78 is 41.0. The number of halogens is 3. The van der Waals surface area contributed by atoms with Crippen LogP contribution in [0, 0.1) is 11.7 Å². The lowest BCUT2D eigenvalue weighted by atomic mass is 9.85. The molecule has 1 aliphatic rings. The van der Waals surface area contributed by atoms with Gasteiger partial charge in [-0.05, 0) is 40.8 Å². The third kappa shape index (κ3) is 3.21. The molecule has 0 aliphatic heterocycles. The van der Waals surface area contributed by atoms with E-state index in [1.165, 1.54) is 4.31 Å². The van der Waals surface area contributed by atoms with E-state index in [0.29, 0.717) is 12.5 Å². The number of rotatable bonds is 5. The Bertz CT molecular complexity index is 650. The molecule has 0 bridgehead atoms. The second-order valence-corrected chi connectivity index (χ2v) is 8.26. The summed E-state index contributed by atoms with van der Waals surface area (Å²) in [6.45, 7) is 2.43. The van der Waals surface area contributed by atoms with E-state index in [0.717, 1.165) is 25.3 Å². The monoisotopic (exact) mass is 398 g/mol. The molecule has 8 heteroatoms. The molecule has 1 aliphatic carbocycles. The van der Waals surface area contributed by atoms with E-state index in [9.17, 15) is 12.8 Å². The highest BCUT2D eigenvalue weighted by Gasteiger charge is 2.32. The molecule has 1 fully saturated rings. The number of nitrogens with two attached hydrogens (primary N) is 1. The van der Waals surface area contributed by atoms with Gasteiger partial charge in [-0.2, -0.15) is 4.31 Å². The number of nitrogens with zero attached hydrogens (tertiary/aromatic N) is 1. The minimum atomic E-state index is -3.94. The van der Waals surface area contributed by atoms with Crippen molar-refractivity contribution >= 4 is 43.2 Å². The number of hydrogen-bond donors (Lipinski definition) is 1. The van der Waals surface area contributed by atoms with Gasteiger partial charge in [0.2, 0.25) is 10.0 Å². The first-order valence-corrected chi connectivity index (χ1v) is 9.33. The van der Waals surface area contributed by atoms with Crippen LogP contribution in [0.25, 0.3) is 0 Å². The fraction of sp³-hybridized carbons (Fsp3) is 0.538. The summed E-state index contributed by atoms with van der Waals surface area (Å²) >= 11 is 8.95. The molecular weight excluding hydrogens is 383 g/mol. The Balaban J connectivity index is 2.42. The second kappa shape index (κ2) is 6.40. The molecule has 0 unspecified atom stereocenters. The van der Waals surface area contributed by atoms with Crippen LogP contribution in [0.15, 0.2) is 15.4 Å². The van der Waals surface area contributed by atoms with Gasteiger partial charge in [0.15, 0.2) is 5.82 Å². The predicted octanol–water partition coefficient (Wildman–Crippen LogP) is 3.63. The fourth-order valence-electron chi connectivity index (χ4n) is 2.29. The van der Waals surface area contributed by atoms with Gasteiger partial charge >= 0.3 is 0 Å². The zero-order valence-electron chi connectivity index (χ0n) is 11.6. The summed E-state index contributed by atoms with van der Waals surface area (Å²) in [6, 6.07) is 1.11. The average molecular weight is 400 g/mol. The van der Waals surface area contributed by atoms with Crippen molar-refractivity contribution in [3.63, 3.8) is 0 Å². The van der Waals surface area contributed by atoms with E-state index in [-0.39, 0.29) is 21.7 Å². The van der Waals surface area contributed by atoms with Crippen LogP contribution in [0.3, 0.4) is 0 Å². The average Bonchev–Trinajstić information content (AvgIpc) is 2.38. The van der Waals surface area contributed by atoms with Gasteiger partial charge in [-0.3, -0.25) is 0 Å². The van der Waals surface area contributed by atoms with Crippen LogP contribution in [0.5, 0.6) is 0 Å². The summed E-state index contributed by atoms with van der Waals surface area (Å²) in [7, 11) is -3.94. The van der Waals surface area contributed by atoms with Crippen molar-refractivity contribution in [2.45, 2.75) is 31.1 Å². The maximum absolute atomic E-state index is 14.2. The molecule has 0 saturated heterocycles. The van der Waals surface area contributed by atoms with Crippen molar-refractivity contribution < 1.29 is 12.8 Å². The van der Waals surface area contributed by atoms with Gasteiger partial charge in [0.25, 0.3) is 0 Å². The minimum absolute atomic E-state index is 0.0761. The summed E-state index contributed by atoms with van der Waals surface area (Å²) in [5, 5.41) is 0.0761. The lowest BCUT2D eigenvalue weighted by Gasteiger charge is -2.31. The Morgan fingerprint density at radius 3 is 2.62 bits per heavy atom. The zero-order valence-corrected chi connectivity index (χ0v) is 14.7. The van der Waals surface area contributed by atoms with E-state index < -0.39 is 20.7 Å². The molecule has 1 aromatic rings. The minimum Gasteiger partial charge on any atom is -0.395 e. The third-order valence-electron chi connectivity index (χ3n) is 3.81. The zero-order chi connectivity index (χ0) is 15.8. The van der Waals surface area contributed by atoms with Gasteiger partial charge in [-0.15, -0.1) is 0 Å². The number of anilines is 1. The fourth-order valence-corrected chi connectivity index (χ4v) is 4.48. The quantitative estimate of drug-likeness (QED) is 0.607. The molecule has 21 heavy (non-hydrogen) atoms. The molecular formula is C13H17BrClFN2O2S. The van der Waals surface area contributed by atoms with Crippen molar-refractivity contribution in [1.29, 1.82) is 0 Å². The maximum atomic E-state index is 14.2. The Morgan fingerprint density at radius 2 is 2.14 bits per heavy atom. The second-order valence-electron chi connectivity index (χ2n) is 5.15. The van der Waals surface area contributed by atoms with Crippen molar-refractivity contribution in [3.8, 4) is 0 Å². The van der Waals surface area contributed by atoms with Gasteiger partial charge in [0.05, 0.1) is 15.2 Å². The highest BCUT2D eigenvalue weighted by Crippen LogP contribution is 2.36. The van der Waals surface area contributed by atoms with Crippen LogP contribution < -0.4 is 5.73 Å². The van der Waals surface area contributed by atoms with E-state index in [4.69, 9.17) is 17.3 Å². The van der Waals surface area contributed by atoms with Crippen LogP contribution in [0.2, 0.25) is 5.02 Å². The van der Waals surface area contributed by atoms with E-state index >= 15 is 0 Å². The largest absolute Gasteiger partial charge is 0.395 e. The summed E-state index contributed by atoms with van der Waals surface area (Å²) in [5.41, 5.74) is 5.28. The summed E-state index contributed by atoms with van der Waals surface area (Å²) in [4.78, 5) is -0.464. The van der Waals surface area contributed by atoms with Gasteiger partial charge in [0, 0.05) is 13.1 Å². The Labute approximate surface area is 137 Å². The molecule has 0 spiro atoms. The van der Waals surface area contributed by atoms with E-state index in [2.05, 4.69) is 15.9 Å². The summed E-state index contributed by atoms with van der Waals surface area (Å²) in [6.07, 6.45) is 3.14. The molecule has 1 aromatic carbocycles. The standard InChI is InChI=1S/C13H17BrClFN2O2S/c1-2-18(7-8-4-3-5-8)21(19,20)10-6-9(15)11(14)13(17)12(10)16/h6,8H,2-5,7,17H2,1H3. The van der Waals surface area contributed by atoms with E-state index in [1.54, 1.807) is 6.92 Å². The number of sulfonamides is 1. The highest BCUT2D eigenvalue weighted by atomic mass is 79.9.